The van der Waals surface area contributed by atoms with Gasteiger partial charge in [0.1, 0.15) is 5.60 Å². The third-order valence-corrected chi connectivity index (χ3v) is 5.03. The van der Waals surface area contributed by atoms with Gasteiger partial charge in [-0.05, 0) is 70.4 Å². The molecule has 1 amide bonds. The Morgan fingerprint density at radius 3 is 2.64 bits per heavy atom. The number of amides is 1. The predicted octanol–water partition coefficient (Wildman–Crippen LogP) is 4.01. The lowest BCUT2D eigenvalue weighted by atomic mass is 10.1. The molecule has 0 aromatic carbocycles. The lowest BCUT2D eigenvalue weighted by Crippen LogP contribution is -2.46. The molecule has 0 aliphatic heterocycles. The molecule has 2 N–H and O–H groups in total. The third kappa shape index (κ3) is 5.29. The fourth-order valence-corrected chi connectivity index (χ4v) is 3.48. The molecule has 5 heteroatoms. The molecular formula is C17H28N2O2S. The first-order valence-electron chi connectivity index (χ1n) is 8.03. The minimum Gasteiger partial charge on any atom is -0.444 e. The largest absolute Gasteiger partial charge is 0.444 e. The summed E-state index contributed by atoms with van der Waals surface area (Å²) >= 11 is 1.78. The van der Waals surface area contributed by atoms with E-state index < -0.39 is 5.60 Å². The second-order valence-electron chi connectivity index (χ2n) is 7.19. The van der Waals surface area contributed by atoms with Gasteiger partial charge in [0.2, 0.25) is 0 Å². The molecule has 2 atom stereocenters. The van der Waals surface area contributed by atoms with Gasteiger partial charge >= 0.3 is 6.09 Å². The Morgan fingerprint density at radius 2 is 2.14 bits per heavy atom. The number of rotatable bonds is 6. The molecule has 1 heterocycles. The van der Waals surface area contributed by atoms with Crippen LogP contribution in [0, 0.1) is 12.8 Å². The van der Waals surface area contributed by atoms with Crippen molar-refractivity contribution in [3.05, 3.63) is 21.9 Å². The van der Waals surface area contributed by atoms with Crippen molar-refractivity contribution in [2.24, 2.45) is 5.92 Å². The molecule has 1 aliphatic rings. The van der Waals surface area contributed by atoms with Gasteiger partial charge in [-0.3, -0.25) is 0 Å². The van der Waals surface area contributed by atoms with Crippen LogP contribution in [0.5, 0.6) is 0 Å². The summed E-state index contributed by atoms with van der Waals surface area (Å²) in [5, 5.41) is 8.71. The summed E-state index contributed by atoms with van der Waals surface area (Å²) in [5.41, 5.74) is 0.876. The Bertz CT molecular complexity index is 503. The van der Waals surface area contributed by atoms with E-state index in [1.165, 1.54) is 23.3 Å². The Hall–Kier alpha value is -1.07. The fourth-order valence-electron chi connectivity index (χ4n) is 2.52. The van der Waals surface area contributed by atoms with Gasteiger partial charge in [0.25, 0.3) is 0 Å². The van der Waals surface area contributed by atoms with Crippen molar-refractivity contribution in [3.63, 3.8) is 0 Å². The van der Waals surface area contributed by atoms with Crippen LogP contribution in [0.25, 0.3) is 0 Å². The first-order valence-corrected chi connectivity index (χ1v) is 8.91. The lowest BCUT2D eigenvalue weighted by Gasteiger charge is -2.25. The predicted molar refractivity (Wildman–Crippen MR) is 91.4 cm³/mol. The van der Waals surface area contributed by atoms with E-state index in [1.807, 2.05) is 20.8 Å². The lowest BCUT2D eigenvalue weighted by molar-refractivity contribution is 0.0497. The number of carbonyl (C=O) groups is 1. The third-order valence-electron chi connectivity index (χ3n) is 3.83. The molecule has 2 unspecified atom stereocenters. The highest BCUT2D eigenvalue weighted by Gasteiger charge is 2.33. The van der Waals surface area contributed by atoms with Crippen LogP contribution in [0.1, 0.15) is 57.0 Å². The molecule has 1 aromatic rings. The van der Waals surface area contributed by atoms with Gasteiger partial charge in [0.15, 0.2) is 0 Å². The van der Waals surface area contributed by atoms with Gasteiger partial charge in [-0.2, -0.15) is 0 Å². The van der Waals surface area contributed by atoms with E-state index in [2.05, 4.69) is 35.9 Å². The summed E-state index contributed by atoms with van der Waals surface area (Å²) in [4.78, 5) is 13.3. The van der Waals surface area contributed by atoms with Crippen molar-refractivity contribution in [2.45, 2.75) is 65.1 Å². The van der Waals surface area contributed by atoms with E-state index in [4.69, 9.17) is 4.74 Å². The maximum absolute atomic E-state index is 12.0. The monoisotopic (exact) mass is 324 g/mol. The number of hydrogen-bond donors (Lipinski definition) is 2. The number of thiophene rings is 1. The van der Waals surface area contributed by atoms with Crippen molar-refractivity contribution < 1.29 is 9.53 Å². The maximum Gasteiger partial charge on any atom is 0.407 e. The summed E-state index contributed by atoms with van der Waals surface area (Å²) in [6.07, 6.45) is 2.06. The van der Waals surface area contributed by atoms with Gasteiger partial charge in [-0.15, -0.1) is 11.3 Å². The second kappa shape index (κ2) is 7.01. The number of carbonyl (C=O) groups excluding carboxylic acids is 1. The number of aryl methyl sites for hydroxylation is 1. The van der Waals surface area contributed by atoms with Gasteiger partial charge < -0.3 is 15.4 Å². The van der Waals surface area contributed by atoms with Crippen LogP contribution < -0.4 is 10.6 Å². The molecule has 4 nitrogen and oxygen atoms in total. The molecule has 1 aromatic heterocycles. The minimum absolute atomic E-state index is 0.151. The van der Waals surface area contributed by atoms with Crippen LogP contribution in [0.15, 0.2) is 11.4 Å². The van der Waals surface area contributed by atoms with Crippen LogP contribution in [0.2, 0.25) is 0 Å². The number of alkyl carbamates (subject to hydrolysis) is 1. The summed E-state index contributed by atoms with van der Waals surface area (Å²) in [7, 11) is 0. The average molecular weight is 324 g/mol. The first-order chi connectivity index (χ1) is 10.3. The van der Waals surface area contributed by atoms with Crippen molar-refractivity contribution in [1.82, 2.24) is 10.6 Å². The van der Waals surface area contributed by atoms with Crippen LogP contribution in [-0.4, -0.2) is 24.3 Å². The van der Waals surface area contributed by atoms with E-state index >= 15 is 0 Å². The van der Waals surface area contributed by atoms with E-state index in [9.17, 15) is 4.79 Å². The SMILES string of the molecule is Cc1ccsc1C(C)NCC(NC(=O)OC(C)(C)C)C1CC1. The molecule has 22 heavy (non-hydrogen) atoms. The molecule has 0 saturated heterocycles. The molecule has 1 aliphatic carbocycles. The number of nitrogens with one attached hydrogen (secondary N) is 2. The molecule has 1 saturated carbocycles. The van der Waals surface area contributed by atoms with Crippen LogP contribution in [0.4, 0.5) is 4.79 Å². The number of hydrogen-bond acceptors (Lipinski definition) is 4. The topological polar surface area (TPSA) is 50.4 Å². The zero-order chi connectivity index (χ0) is 16.3. The highest BCUT2D eigenvalue weighted by Crippen LogP contribution is 2.33. The molecule has 1 fully saturated rings. The van der Waals surface area contributed by atoms with E-state index in [0.29, 0.717) is 12.0 Å². The van der Waals surface area contributed by atoms with Crippen molar-refractivity contribution in [3.8, 4) is 0 Å². The minimum atomic E-state index is -0.451. The highest BCUT2D eigenvalue weighted by atomic mass is 32.1. The average Bonchev–Trinajstić information content (AvgIpc) is 3.14. The Morgan fingerprint density at radius 1 is 1.45 bits per heavy atom. The highest BCUT2D eigenvalue weighted by molar-refractivity contribution is 7.10. The smallest absolute Gasteiger partial charge is 0.407 e. The summed E-state index contributed by atoms with van der Waals surface area (Å²) in [6, 6.07) is 2.61. The second-order valence-corrected chi connectivity index (χ2v) is 8.14. The van der Waals surface area contributed by atoms with Crippen LogP contribution >= 0.6 is 11.3 Å². The van der Waals surface area contributed by atoms with Gasteiger partial charge in [-0.1, -0.05) is 0 Å². The molecule has 0 spiro atoms. The zero-order valence-electron chi connectivity index (χ0n) is 14.2. The zero-order valence-corrected chi connectivity index (χ0v) is 15.0. The normalized spacial score (nSPS) is 17.9. The van der Waals surface area contributed by atoms with E-state index in [-0.39, 0.29) is 12.1 Å². The molecular weight excluding hydrogens is 296 g/mol. The standard InChI is InChI=1S/C17H28N2O2S/c1-11-8-9-22-15(11)12(2)18-10-14(13-6-7-13)19-16(20)21-17(3,4)5/h8-9,12-14,18H,6-7,10H2,1-5H3,(H,19,20). The Labute approximate surface area is 137 Å². The van der Waals surface area contributed by atoms with Crippen molar-refractivity contribution in [1.29, 1.82) is 0 Å². The van der Waals surface area contributed by atoms with E-state index in [1.54, 1.807) is 11.3 Å². The molecule has 0 bridgehead atoms. The Kier molecular flexibility index (Phi) is 5.50. The quantitative estimate of drug-likeness (QED) is 0.831. The molecule has 0 radical (unpaired) electrons. The van der Waals surface area contributed by atoms with E-state index in [0.717, 1.165) is 6.54 Å². The fraction of sp³-hybridized carbons (Fsp3) is 0.706. The van der Waals surface area contributed by atoms with Gasteiger partial charge in [-0.25, -0.2) is 4.79 Å². The van der Waals surface area contributed by atoms with Crippen molar-refractivity contribution in [2.75, 3.05) is 6.54 Å². The Balaban J connectivity index is 1.85. The van der Waals surface area contributed by atoms with Crippen molar-refractivity contribution >= 4 is 17.4 Å². The van der Waals surface area contributed by atoms with Crippen LogP contribution in [-0.2, 0) is 4.74 Å². The van der Waals surface area contributed by atoms with Gasteiger partial charge in [0, 0.05) is 23.5 Å². The summed E-state index contributed by atoms with van der Waals surface area (Å²) in [5.74, 6) is 0.580. The van der Waals surface area contributed by atoms with Gasteiger partial charge in [0.05, 0.1) is 0 Å². The summed E-state index contributed by atoms with van der Waals surface area (Å²) < 4.78 is 5.37. The number of ether oxygens (including phenoxy) is 1. The van der Waals surface area contributed by atoms with Crippen LogP contribution in [0.3, 0.4) is 0 Å². The molecule has 124 valence electrons. The summed E-state index contributed by atoms with van der Waals surface area (Å²) in [6.45, 7) is 10.8. The first kappa shape index (κ1) is 17.3. The molecule has 2 rings (SSSR count). The maximum atomic E-state index is 12.0.